The molecule has 13 nitrogen and oxygen atoms in total. The van der Waals surface area contributed by atoms with Crippen LogP contribution in [0, 0.1) is 17.8 Å². The van der Waals surface area contributed by atoms with Gasteiger partial charge in [0.25, 0.3) is 5.91 Å². The van der Waals surface area contributed by atoms with Crippen molar-refractivity contribution >= 4 is 23.6 Å². The smallest absolute Gasteiger partial charge is 0.267 e. The highest BCUT2D eigenvalue weighted by molar-refractivity contribution is 5.97. The van der Waals surface area contributed by atoms with Crippen LogP contribution in [0.1, 0.15) is 79.2 Å². The number of likely N-dealkylation sites (tertiary alicyclic amines) is 1. The van der Waals surface area contributed by atoms with E-state index in [1.54, 1.807) is 45.0 Å². The predicted octanol–water partition coefficient (Wildman–Crippen LogP) is 3.08. The summed E-state index contributed by atoms with van der Waals surface area (Å²) in [7, 11) is 8.06. The van der Waals surface area contributed by atoms with Crippen molar-refractivity contribution in [1.82, 2.24) is 25.8 Å². The highest BCUT2D eigenvalue weighted by Gasteiger charge is 2.45. The molecule has 4 N–H and O–H groups in total. The number of carbonyl (C=O) groups excluding carboxylic acids is 4. The second kappa shape index (κ2) is 22.0. The number of ether oxygens (including phenoxy) is 3. The molecule has 1 aromatic rings. The largest absolute Gasteiger partial charge is 0.396 e. The Hall–Kier alpha value is -3.52. The van der Waals surface area contributed by atoms with Gasteiger partial charge in [-0.1, -0.05) is 71.4 Å². The maximum Gasteiger partial charge on any atom is 0.267 e. The second-order valence-corrected chi connectivity index (χ2v) is 14.9. The van der Waals surface area contributed by atoms with Crippen molar-refractivity contribution in [2.45, 2.75) is 110 Å². The van der Waals surface area contributed by atoms with Crippen LogP contribution in [0.25, 0.3) is 0 Å². The van der Waals surface area contributed by atoms with Gasteiger partial charge in [0.1, 0.15) is 6.04 Å². The van der Waals surface area contributed by atoms with E-state index in [-0.39, 0.29) is 67.1 Å². The number of rotatable bonds is 21. The van der Waals surface area contributed by atoms with E-state index in [1.807, 2.05) is 71.9 Å². The highest BCUT2D eigenvalue weighted by Crippen LogP contribution is 2.31. The molecule has 3 unspecified atom stereocenters. The zero-order chi connectivity index (χ0) is 40.0. The SMILES string of the molecule is CC[C@H](C)C([C@@H](CC(=O)N1C[C@H](OC)CC1[C@H](OC)[C@@H](C)C(=O)NCC(CO)c1ccccc1)OC)N(C)C(=O)[C@@H](NC(=O)C(NC)=C(C)C)C(C)C. The Kier molecular flexibility index (Phi) is 18.9. The van der Waals surface area contributed by atoms with Crippen LogP contribution in [0.15, 0.2) is 41.6 Å². The first-order chi connectivity index (χ1) is 25.1. The molecule has 1 saturated heterocycles. The summed E-state index contributed by atoms with van der Waals surface area (Å²) in [5, 5.41) is 18.8. The number of amides is 4. The van der Waals surface area contributed by atoms with E-state index in [1.165, 1.54) is 7.11 Å². The summed E-state index contributed by atoms with van der Waals surface area (Å²) in [5.74, 6) is -2.23. The summed E-state index contributed by atoms with van der Waals surface area (Å²) in [6.45, 7) is 13.7. The number of hydrogen-bond acceptors (Lipinski definition) is 9. The lowest BCUT2D eigenvalue weighted by atomic mass is 9.89. The Morgan fingerprint density at radius 1 is 1.02 bits per heavy atom. The topological polar surface area (TPSA) is 159 Å². The summed E-state index contributed by atoms with van der Waals surface area (Å²) < 4.78 is 17.7. The molecule has 4 amide bonds. The fourth-order valence-electron chi connectivity index (χ4n) is 7.39. The van der Waals surface area contributed by atoms with Gasteiger partial charge in [0.2, 0.25) is 17.7 Å². The lowest BCUT2D eigenvalue weighted by Gasteiger charge is -2.40. The number of likely N-dealkylation sites (N-methyl/N-ethyl adjacent to an activating group) is 2. The van der Waals surface area contributed by atoms with Gasteiger partial charge in [0.15, 0.2) is 0 Å². The van der Waals surface area contributed by atoms with Gasteiger partial charge in [0.05, 0.1) is 55.0 Å². The summed E-state index contributed by atoms with van der Waals surface area (Å²) in [6, 6.07) is 7.76. The molecule has 53 heavy (non-hydrogen) atoms. The molecule has 0 bridgehead atoms. The molecule has 0 spiro atoms. The van der Waals surface area contributed by atoms with Crippen LogP contribution < -0.4 is 16.0 Å². The number of methoxy groups -OCH3 is 3. The first-order valence-corrected chi connectivity index (χ1v) is 18.9. The van der Waals surface area contributed by atoms with E-state index in [0.29, 0.717) is 25.1 Å². The molecular formula is C40H67N5O8. The van der Waals surface area contributed by atoms with Gasteiger partial charge in [-0.3, -0.25) is 19.2 Å². The molecule has 1 heterocycles. The zero-order valence-electron chi connectivity index (χ0n) is 34.1. The number of benzene rings is 1. The van der Waals surface area contributed by atoms with E-state index >= 15 is 0 Å². The summed E-state index contributed by atoms with van der Waals surface area (Å²) >= 11 is 0. The van der Waals surface area contributed by atoms with Crippen LogP contribution in [-0.2, 0) is 33.4 Å². The number of nitrogens with zero attached hydrogens (tertiary/aromatic N) is 2. The van der Waals surface area contributed by atoms with Gasteiger partial charge in [-0.25, -0.2) is 0 Å². The quantitative estimate of drug-likeness (QED) is 0.139. The van der Waals surface area contributed by atoms with Crippen molar-refractivity contribution in [3.05, 3.63) is 47.2 Å². The molecule has 0 saturated carbocycles. The van der Waals surface area contributed by atoms with Crippen molar-refractivity contribution in [2.75, 3.05) is 55.1 Å². The molecule has 13 heteroatoms. The minimum absolute atomic E-state index is 0.0251. The molecule has 1 aliphatic rings. The fourth-order valence-corrected chi connectivity index (χ4v) is 7.39. The summed E-state index contributed by atoms with van der Waals surface area (Å²) in [5.41, 5.74) is 2.12. The number of nitrogens with one attached hydrogen (secondary N) is 3. The van der Waals surface area contributed by atoms with Gasteiger partial charge in [-0.15, -0.1) is 0 Å². The standard InChI is InChI=1S/C40H67N5O8/c1-13-26(6)36(44(9)40(50)35(25(4)5)43-39(49)34(41-8)24(2)3)32(52-11)20-33(47)45-22-30(51-10)19-31(45)37(53-12)27(7)38(48)42-21-29(23-46)28-17-15-14-16-18-28/h14-18,25-27,29-32,35-37,41,46H,13,19-23H2,1-12H3,(H,42,48)(H,43,49)/t26-,27+,29?,30+,31?,32+,35-,36?,37+/m0/s1. The Balaban J connectivity index is 2.32. The Labute approximate surface area is 317 Å². The Bertz CT molecular complexity index is 1350. The molecule has 0 radical (unpaired) electrons. The maximum atomic E-state index is 14.3. The Morgan fingerprint density at radius 2 is 1.66 bits per heavy atom. The third kappa shape index (κ3) is 12.0. The first kappa shape index (κ1) is 45.6. The van der Waals surface area contributed by atoms with Gasteiger partial charge < -0.3 is 45.1 Å². The maximum absolute atomic E-state index is 14.3. The van der Waals surface area contributed by atoms with Crippen LogP contribution in [0.5, 0.6) is 0 Å². The molecule has 1 fully saturated rings. The highest BCUT2D eigenvalue weighted by atomic mass is 16.5. The first-order valence-electron chi connectivity index (χ1n) is 18.9. The van der Waals surface area contributed by atoms with Gasteiger partial charge >= 0.3 is 0 Å². The van der Waals surface area contributed by atoms with Crippen LogP contribution in [0.2, 0.25) is 0 Å². The molecule has 0 aromatic heterocycles. The average Bonchev–Trinajstić information content (AvgIpc) is 3.58. The number of hydrogen-bond donors (Lipinski definition) is 4. The molecular weight excluding hydrogens is 678 g/mol. The van der Waals surface area contributed by atoms with E-state index in [2.05, 4.69) is 16.0 Å². The third-order valence-corrected chi connectivity index (χ3v) is 10.8. The second-order valence-electron chi connectivity index (χ2n) is 14.9. The number of aliphatic hydroxyl groups is 1. The van der Waals surface area contributed by atoms with Crippen molar-refractivity contribution < 1.29 is 38.5 Å². The zero-order valence-corrected chi connectivity index (χ0v) is 34.1. The monoisotopic (exact) mass is 745 g/mol. The average molecular weight is 746 g/mol. The molecule has 300 valence electrons. The molecule has 1 aliphatic heterocycles. The molecule has 9 atom stereocenters. The van der Waals surface area contributed by atoms with E-state index in [4.69, 9.17) is 14.2 Å². The summed E-state index contributed by atoms with van der Waals surface area (Å²) in [4.78, 5) is 58.5. The number of aliphatic hydroxyl groups excluding tert-OH is 1. The van der Waals surface area contributed by atoms with Gasteiger partial charge in [-0.2, -0.15) is 0 Å². The third-order valence-electron chi connectivity index (χ3n) is 10.8. The fraction of sp³-hybridized carbons (Fsp3) is 0.700. The van der Waals surface area contributed by atoms with Crippen LogP contribution in [0.4, 0.5) is 0 Å². The van der Waals surface area contributed by atoms with Crippen molar-refractivity contribution in [2.24, 2.45) is 17.8 Å². The lowest BCUT2D eigenvalue weighted by Crippen LogP contribution is -2.58. The van der Waals surface area contributed by atoms with Crippen molar-refractivity contribution in [1.29, 1.82) is 0 Å². The van der Waals surface area contributed by atoms with Crippen molar-refractivity contribution in [3.8, 4) is 0 Å². The normalized spacial score (nSPS) is 19.7. The molecule has 0 aliphatic carbocycles. The van der Waals surface area contributed by atoms with Gasteiger partial charge in [-0.05, 0) is 43.2 Å². The van der Waals surface area contributed by atoms with Crippen LogP contribution in [0.3, 0.4) is 0 Å². The number of carbonyl (C=O) groups is 4. The van der Waals surface area contributed by atoms with E-state index in [9.17, 15) is 24.3 Å². The lowest BCUT2D eigenvalue weighted by molar-refractivity contribution is -0.147. The molecule has 2 rings (SSSR count). The van der Waals surface area contributed by atoms with Gasteiger partial charge in [0, 0.05) is 54.4 Å². The van der Waals surface area contributed by atoms with Crippen molar-refractivity contribution in [3.63, 3.8) is 0 Å². The van der Waals surface area contributed by atoms with E-state index < -0.39 is 36.3 Å². The van der Waals surface area contributed by atoms with E-state index in [0.717, 1.165) is 11.1 Å². The Morgan fingerprint density at radius 3 is 2.15 bits per heavy atom. The van der Waals surface area contributed by atoms with Crippen LogP contribution >= 0.6 is 0 Å². The predicted molar refractivity (Wildman–Crippen MR) is 206 cm³/mol. The minimum atomic E-state index is -0.809. The van der Waals surface area contributed by atoms with Crippen LogP contribution in [-0.4, -0.2) is 130 Å². The molecule has 1 aromatic carbocycles. The number of allylic oxidation sites excluding steroid dienone is 1. The summed E-state index contributed by atoms with van der Waals surface area (Å²) in [6.07, 6.45) is -0.404. The minimum Gasteiger partial charge on any atom is -0.396 e.